The Labute approximate surface area is 144 Å². The molecule has 1 aromatic heterocycles. The zero-order valence-corrected chi connectivity index (χ0v) is 13.4. The zero-order valence-electron chi connectivity index (χ0n) is 13.4. The third-order valence-corrected chi connectivity index (χ3v) is 4.27. The minimum Gasteiger partial charge on any atom is -0.468 e. The highest BCUT2D eigenvalue weighted by atomic mass is 19.1. The maximum Gasteiger partial charge on any atom is 0.340 e. The van der Waals surface area contributed by atoms with E-state index in [1.807, 2.05) is 23.1 Å². The predicted octanol–water partition coefficient (Wildman–Crippen LogP) is 4.29. The third kappa shape index (κ3) is 3.06. The van der Waals surface area contributed by atoms with E-state index in [0.717, 1.165) is 11.3 Å². The van der Waals surface area contributed by atoms with Gasteiger partial charge in [0.25, 0.3) is 0 Å². The number of halogens is 1. The summed E-state index contributed by atoms with van der Waals surface area (Å²) < 4.78 is 25.1. The SMILES string of the molecule is O=C1OC(N(Cc2ccco2)Cc2ccccc2F)c2ccccc21. The van der Waals surface area contributed by atoms with Crippen LogP contribution in [0.25, 0.3) is 0 Å². The van der Waals surface area contributed by atoms with Gasteiger partial charge in [0.15, 0.2) is 6.23 Å². The molecule has 5 heteroatoms. The maximum absolute atomic E-state index is 14.1. The summed E-state index contributed by atoms with van der Waals surface area (Å²) in [5, 5.41) is 0. The van der Waals surface area contributed by atoms with Gasteiger partial charge in [0.05, 0.1) is 18.4 Å². The molecule has 25 heavy (non-hydrogen) atoms. The summed E-state index contributed by atoms with van der Waals surface area (Å²) >= 11 is 0. The standard InChI is InChI=1S/C20H16FNO3/c21-18-10-4-1-6-14(18)12-22(13-15-7-5-11-24-15)19-16-8-2-3-9-17(16)20(23)25-19/h1-11,19H,12-13H2. The van der Waals surface area contributed by atoms with Crippen molar-refractivity contribution in [2.24, 2.45) is 0 Å². The van der Waals surface area contributed by atoms with Crippen LogP contribution < -0.4 is 0 Å². The summed E-state index contributed by atoms with van der Waals surface area (Å²) in [6.07, 6.45) is 1.01. The molecule has 4 nitrogen and oxygen atoms in total. The van der Waals surface area contributed by atoms with Crippen LogP contribution in [0, 0.1) is 5.82 Å². The number of fused-ring (bicyclic) bond motifs is 1. The first-order chi connectivity index (χ1) is 12.2. The fourth-order valence-electron chi connectivity index (χ4n) is 3.07. The summed E-state index contributed by atoms with van der Waals surface area (Å²) in [6, 6.07) is 17.5. The molecule has 0 aliphatic carbocycles. The van der Waals surface area contributed by atoms with Crippen molar-refractivity contribution in [3.63, 3.8) is 0 Å². The Bertz CT molecular complexity index is 891. The molecule has 2 heterocycles. The van der Waals surface area contributed by atoms with E-state index < -0.39 is 6.23 Å². The number of benzene rings is 2. The summed E-state index contributed by atoms with van der Waals surface area (Å²) in [6.45, 7) is 0.688. The molecule has 0 saturated heterocycles. The van der Waals surface area contributed by atoms with Crippen molar-refractivity contribution < 1.29 is 18.3 Å². The Morgan fingerprint density at radius 2 is 1.76 bits per heavy atom. The first-order valence-electron chi connectivity index (χ1n) is 8.02. The quantitative estimate of drug-likeness (QED) is 0.652. The van der Waals surface area contributed by atoms with Gasteiger partial charge in [-0.1, -0.05) is 36.4 Å². The molecule has 126 valence electrons. The molecule has 0 bridgehead atoms. The number of furan rings is 1. The Hall–Kier alpha value is -2.92. The number of ether oxygens (including phenoxy) is 1. The van der Waals surface area contributed by atoms with Gasteiger partial charge >= 0.3 is 5.97 Å². The molecule has 1 unspecified atom stereocenters. The molecular formula is C20H16FNO3. The van der Waals surface area contributed by atoms with Crippen LogP contribution in [0.4, 0.5) is 4.39 Å². The topological polar surface area (TPSA) is 42.7 Å². The number of carbonyl (C=O) groups is 1. The van der Waals surface area contributed by atoms with E-state index in [4.69, 9.17) is 9.15 Å². The van der Waals surface area contributed by atoms with Crippen LogP contribution >= 0.6 is 0 Å². The van der Waals surface area contributed by atoms with Crippen LogP contribution in [0.2, 0.25) is 0 Å². The monoisotopic (exact) mass is 337 g/mol. The fraction of sp³-hybridized carbons (Fsp3) is 0.150. The van der Waals surface area contributed by atoms with Crippen molar-refractivity contribution in [3.8, 4) is 0 Å². The first kappa shape index (κ1) is 15.6. The highest BCUT2D eigenvalue weighted by Crippen LogP contribution is 2.35. The van der Waals surface area contributed by atoms with E-state index in [-0.39, 0.29) is 11.8 Å². The lowest BCUT2D eigenvalue weighted by atomic mass is 10.1. The molecule has 0 amide bonds. The Kier molecular flexibility index (Phi) is 4.07. The lowest BCUT2D eigenvalue weighted by Gasteiger charge is -2.27. The highest BCUT2D eigenvalue weighted by Gasteiger charge is 2.35. The van der Waals surface area contributed by atoms with Crippen molar-refractivity contribution in [3.05, 3.63) is 95.2 Å². The summed E-state index contributed by atoms with van der Waals surface area (Å²) in [5.41, 5.74) is 1.87. The Morgan fingerprint density at radius 1 is 0.960 bits per heavy atom. The first-order valence-corrected chi connectivity index (χ1v) is 8.02. The van der Waals surface area contributed by atoms with Crippen LogP contribution in [-0.2, 0) is 17.8 Å². The third-order valence-electron chi connectivity index (χ3n) is 4.27. The molecule has 3 aromatic rings. The van der Waals surface area contributed by atoms with E-state index in [1.54, 1.807) is 42.7 Å². The number of hydrogen-bond donors (Lipinski definition) is 0. The lowest BCUT2D eigenvalue weighted by Crippen LogP contribution is -2.28. The van der Waals surface area contributed by atoms with E-state index in [0.29, 0.717) is 24.2 Å². The smallest absolute Gasteiger partial charge is 0.340 e. The molecule has 0 fully saturated rings. The van der Waals surface area contributed by atoms with E-state index >= 15 is 0 Å². The summed E-state index contributed by atoms with van der Waals surface area (Å²) in [5.74, 6) is 0.0694. The molecule has 4 rings (SSSR count). The van der Waals surface area contributed by atoms with Crippen LogP contribution in [0.15, 0.2) is 71.3 Å². The number of carbonyl (C=O) groups excluding carboxylic acids is 1. The highest BCUT2D eigenvalue weighted by molar-refractivity contribution is 5.93. The predicted molar refractivity (Wildman–Crippen MR) is 89.0 cm³/mol. The van der Waals surface area contributed by atoms with Crippen LogP contribution in [0.5, 0.6) is 0 Å². The molecule has 1 atom stereocenters. The van der Waals surface area contributed by atoms with Gasteiger partial charge in [-0.05, 0) is 24.3 Å². The normalized spacial score (nSPS) is 16.1. The molecule has 2 aromatic carbocycles. The van der Waals surface area contributed by atoms with Gasteiger partial charge in [0.2, 0.25) is 0 Å². The van der Waals surface area contributed by atoms with Crippen molar-refractivity contribution >= 4 is 5.97 Å². The summed E-state index contributed by atoms with van der Waals surface area (Å²) in [7, 11) is 0. The minimum absolute atomic E-state index is 0.287. The largest absolute Gasteiger partial charge is 0.468 e. The molecule has 1 aliphatic rings. The van der Waals surface area contributed by atoms with Gasteiger partial charge in [0, 0.05) is 17.7 Å². The number of cyclic esters (lactones) is 1. The molecule has 0 radical (unpaired) electrons. The molecule has 0 saturated carbocycles. The number of hydrogen-bond acceptors (Lipinski definition) is 4. The molecule has 0 spiro atoms. The van der Waals surface area contributed by atoms with Gasteiger partial charge in [-0.3, -0.25) is 4.90 Å². The molecule has 1 aliphatic heterocycles. The lowest BCUT2D eigenvalue weighted by molar-refractivity contribution is -0.0338. The van der Waals surface area contributed by atoms with Crippen molar-refractivity contribution in [1.29, 1.82) is 0 Å². The van der Waals surface area contributed by atoms with Gasteiger partial charge in [0.1, 0.15) is 11.6 Å². The molecular weight excluding hydrogens is 321 g/mol. The van der Waals surface area contributed by atoms with Crippen molar-refractivity contribution in [2.75, 3.05) is 0 Å². The fourth-order valence-corrected chi connectivity index (χ4v) is 3.07. The van der Waals surface area contributed by atoms with Crippen LogP contribution in [0.3, 0.4) is 0 Å². The van der Waals surface area contributed by atoms with Crippen molar-refractivity contribution in [2.45, 2.75) is 19.3 Å². The number of rotatable bonds is 5. The number of esters is 1. The second-order valence-corrected chi connectivity index (χ2v) is 5.92. The van der Waals surface area contributed by atoms with Gasteiger partial charge in [-0.15, -0.1) is 0 Å². The van der Waals surface area contributed by atoms with E-state index in [9.17, 15) is 9.18 Å². The summed E-state index contributed by atoms with van der Waals surface area (Å²) in [4.78, 5) is 14.0. The van der Waals surface area contributed by atoms with E-state index in [1.165, 1.54) is 6.07 Å². The van der Waals surface area contributed by atoms with E-state index in [2.05, 4.69) is 0 Å². The van der Waals surface area contributed by atoms with Crippen molar-refractivity contribution in [1.82, 2.24) is 4.90 Å². The van der Waals surface area contributed by atoms with Gasteiger partial charge in [-0.2, -0.15) is 0 Å². The van der Waals surface area contributed by atoms with Gasteiger partial charge in [-0.25, -0.2) is 9.18 Å². The average Bonchev–Trinajstić information content (AvgIpc) is 3.25. The van der Waals surface area contributed by atoms with Gasteiger partial charge < -0.3 is 9.15 Å². The Morgan fingerprint density at radius 3 is 2.56 bits per heavy atom. The average molecular weight is 337 g/mol. The second-order valence-electron chi connectivity index (χ2n) is 5.92. The second kappa shape index (κ2) is 6.53. The zero-order chi connectivity index (χ0) is 17.2. The maximum atomic E-state index is 14.1. The molecule has 0 N–H and O–H groups in total. The Balaban J connectivity index is 1.68. The van der Waals surface area contributed by atoms with Crippen LogP contribution in [0.1, 0.15) is 33.5 Å². The minimum atomic E-state index is -0.576. The number of nitrogens with zero attached hydrogens (tertiary/aromatic N) is 1. The van der Waals surface area contributed by atoms with Crippen LogP contribution in [-0.4, -0.2) is 10.9 Å².